The lowest BCUT2D eigenvalue weighted by Crippen LogP contribution is -2.36. The van der Waals surface area contributed by atoms with Crippen molar-refractivity contribution in [2.45, 2.75) is 39.3 Å². The van der Waals surface area contributed by atoms with Crippen molar-refractivity contribution >= 4 is 23.2 Å². The van der Waals surface area contributed by atoms with Crippen molar-refractivity contribution in [1.29, 1.82) is 0 Å². The largest absolute Gasteiger partial charge is 0.377 e. The number of anilines is 2. The summed E-state index contributed by atoms with van der Waals surface area (Å²) in [6, 6.07) is 6.14. The molecule has 2 rings (SSSR count). The molecule has 2 amide bonds. The molecule has 138 valence electrons. The Morgan fingerprint density at radius 3 is 2.48 bits per heavy atom. The van der Waals surface area contributed by atoms with Gasteiger partial charge < -0.3 is 19.9 Å². The number of benzene rings is 1. The molecule has 1 N–H and O–H groups in total. The summed E-state index contributed by atoms with van der Waals surface area (Å²) in [5, 5.41) is 2.83. The molecule has 0 unspecified atom stereocenters. The Labute approximate surface area is 150 Å². The van der Waals surface area contributed by atoms with Gasteiger partial charge in [-0.3, -0.25) is 9.59 Å². The van der Waals surface area contributed by atoms with Crippen LogP contribution in [0.25, 0.3) is 0 Å². The highest BCUT2D eigenvalue weighted by Crippen LogP contribution is 2.32. The van der Waals surface area contributed by atoms with E-state index in [1.165, 1.54) is 7.11 Å². The van der Waals surface area contributed by atoms with Gasteiger partial charge in [-0.1, -0.05) is 13.8 Å². The predicted octanol–water partition coefficient (Wildman–Crippen LogP) is 2.48. The second-order valence-electron chi connectivity index (χ2n) is 7.07. The SMILES string of the molecule is COCC(=O)Nc1ccc(N(C)C)c(CN(C(=O)C(C)C)C2CC2)c1. The molecule has 6 nitrogen and oxygen atoms in total. The number of carbonyl (C=O) groups excluding carboxylic acids is 2. The first-order chi connectivity index (χ1) is 11.8. The molecule has 1 aromatic carbocycles. The van der Waals surface area contributed by atoms with E-state index in [9.17, 15) is 9.59 Å². The Morgan fingerprint density at radius 1 is 1.28 bits per heavy atom. The zero-order valence-corrected chi connectivity index (χ0v) is 15.8. The predicted molar refractivity (Wildman–Crippen MR) is 99.7 cm³/mol. The Hall–Kier alpha value is -2.08. The molecule has 0 heterocycles. The van der Waals surface area contributed by atoms with Crippen LogP contribution in [-0.4, -0.2) is 50.6 Å². The van der Waals surface area contributed by atoms with Crippen molar-refractivity contribution in [2.75, 3.05) is 38.0 Å². The number of ether oxygens (including phenoxy) is 1. The van der Waals surface area contributed by atoms with Crippen molar-refractivity contribution in [1.82, 2.24) is 4.90 Å². The van der Waals surface area contributed by atoms with Crippen molar-refractivity contribution in [3.05, 3.63) is 23.8 Å². The minimum atomic E-state index is -0.191. The molecule has 6 heteroatoms. The summed E-state index contributed by atoms with van der Waals surface area (Å²) in [5.74, 6) is -0.0302. The molecule has 25 heavy (non-hydrogen) atoms. The molecule has 0 radical (unpaired) electrons. The van der Waals surface area contributed by atoms with E-state index in [1.54, 1.807) is 0 Å². The second-order valence-corrected chi connectivity index (χ2v) is 7.07. The molecule has 1 fully saturated rings. The van der Waals surface area contributed by atoms with Gasteiger partial charge >= 0.3 is 0 Å². The highest BCUT2D eigenvalue weighted by atomic mass is 16.5. The molecule has 1 aliphatic carbocycles. The smallest absolute Gasteiger partial charge is 0.250 e. The number of carbonyl (C=O) groups is 2. The Bertz CT molecular complexity index is 624. The Morgan fingerprint density at radius 2 is 1.96 bits per heavy atom. The number of methoxy groups -OCH3 is 1. The maximum absolute atomic E-state index is 12.6. The maximum atomic E-state index is 12.6. The van der Waals surface area contributed by atoms with Gasteiger partial charge in [-0.15, -0.1) is 0 Å². The van der Waals surface area contributed by atoms with Crippen LogP contribution >= 0.6 is 0 Å². The molecule has 0 saturated heterocycles. The molecule has 1 aliphatic rings. The third-order valence-corrected chi connectivity index (χ3v) is 4.23. The lowest BCUT2D eigenvalue weighted by atomic mass is 10.1. The number of amides is 2. The summed E-state index contributed by atoms with van der Waals surface area (Å²) in [6.07, 6.45) is 2.14. The molecule has 0 atom stereocenters. The molecule has 0 spiro atoms. The summed E-state index contributed by atoms with van der Waals surface area (Å²) < 4.78 is 4.86. The number of hydrogen-bond donors (Lipinski definition) is 1. The van der Waals surface area contributed by atoms with Gasteiger partial charge in [0.25, 0.3) is 0 Å². The molecular formula is C19H29N3O3. The van der Waals surface area contributed by atoms with E-state index in [0.717, 1.165) is 29.8 Å². The third kappa shape index (κ3) is 5.19. The van der Waals surface area contributed by atoms with E-state index in [-0.39, 0.29) is 24.3 Å². The van der Waals surface area contributed by atoms with Gasteiger partial charge in [-0.25, -0.2) is 0 Å². The minimum absolute atomic E-state index is 0.0187. The van der Waals surface area contributed by atoms with Crippen molar-refractivity contribution in [2.24, 2.45) is 5.92 Å². The van der Waals surface area contributed by atoms with Crippen LogP contribution in [0.15, 0.2) is 18.2 Å². The fourth-order valence-electron chi connectivity index (χ4n) is 2.84. The van der Waals surface area contributed by atoms with E-state index >= 15 is 0 Å². The first-order valence-corrected chi connectivity index (χ1v) is 8.73. The first-order valence-electron chi connectivity index (χ1n) is 8.73. The van der Waals surface area contributed by atoms with Gasteiger partial charge in [0, 0.05) is 51.1 Å². The quantitative estimate of drug-likeness (QED) is 0.785. The van der Waals surface area contributed by atoms with Crippen LogP contribution in [0.5, 0.6) is 0 Å². The lowest BCUT2D eigenvalue weighted by molar-refractivity contribution is -0.135. The summed E-state index contributed by atoms with van der Waals surface area (Å²) in [4.78, 5) is 28.4. The van der Waals surface area contributed by atoms with Crippen molar-refractivity contribution in [3.63, 3.8) is 0 Å². The van der Waals surface area contributed by atoms with E-state index in [2.05, 4.69) is 5.32 Å². The average Bonchev–Trinajstić information content (AvgIpc) is 3.36. The number of rotatable bonds is 8. The Balaban J connectivity index is 2.26. The number of nitrogens with zero attached hydrogens (tertiary/aromatic N) is 2. The van der Waals surface area contributed by atoms with E-state index in [4.69, 9.17) is 4.74 Å². The summed E-state index contributed by atoms with van der Waals surface area (Å²) >= 11 is 0. The molecular weight excluding hydrogens is 318 g/mol. The number of hydrogen-bond acceptors (Lipinski definition) is 4. The van der Waals surface area contributed by atoms with Gasteiger partial charge in [-0.2, -0.15) is 0 Å². The zero-order valence-electron chi connectivity index (χ0n) is 15.8. The normalized spacial score (nSPS) is 13.7. The highest BCUT2D eigenvalue weighted by Gasteiger charge is 2.34. The fraction of sp³-hybridized carbons (Fsp3) is 0.579. The van der Waals surface area contributed by atoms with Crippen LogP contribution in [0.3, 0.4) is 0 Å². The zero-order chi connectivity index (χ0) is 18.6. The molecule has 0 aliphatic heterocycles. The average molecular weight is 347 g/mol. The second kappa shape index (κ2) is 8.34. The van der Waals surface area contributed by atoms with Crippen LogP contribution in [0.2, 0.25) is 0 Å². The van der Waals surface area contributed by atoms with Crippen LogP contribution in [0.4, 0.5) is 11.4 Å². The van der Waals surface area contributed by atoms with Crippen LogP contribution in [-0.2, 0) is 20.9 Å². The van der Waals surface area contributed by atoms with Crippen LogP contribution < -0.4 is 10.2 Å². The molecule has 0 bridgehead atoms. The molecule has 1 saturated carbocycles. The van der Waals surface area contributed by atoms with Gasteiger partial charge in [0.05, 0.1) is 0 Å². The third-order valence-electron chi connectivity index (χ3n) is 4.23. The van der Waals surface area contributed by atoms with E-state index < -0.39 is 0 Å². The van der Waals surface area contributed by atoms with Crippen molar-refractivity contribution in [3.8, 4) is 0 Å². The summed E-state index contributed by atoms with van der Waals surface area (Å²) in [7, 11) is 5.45. The number of nitrogens with one attached hydrogen (secondary N) is 1. The Kier molecular flexibility index (Phi) is 6.42. The van der Waals surface area contributed by atoms with Crippen LogP contribution in [0.1, 0.15) is 32.3 Å². The minimum Gasteiger partial charge on any atom is -0.377 e. The summed E-state index contributed by atoms with van der Waals surface area (Å²) in [5.41, 5.74) is 2.79. The topological polar surface area (TPSA) is 61.9 Å². The van der Waals surface area contributed by atoms with Crippen molar-refractivity contribution < 1.29 is 14.3 Å². The van der Waals surface area contributed by atoms with Gasteiger partial charge in [0.2, 0.25) is 11.8 Å². The lowest BCUT2D eigenvalue weighted by Gasteiger charge is -2.27. The summed E-state index contributed by atoms with van der Waals surface area (Å²) in [6.45, 7) is 4.45. The monoisotopic (exact) mass is 347 g/mol. The van der Waals surface area contributed by atoms with E-state index in [1.807, 2.05) is 55.9 Å². The van der Waals surface area contributed by atoms with Gasteiger partial charge in [0.1, 0.15) is 6.61 Å². The molecule has 0 aromatic heterocycles. The van der Waals surface area contributed by atoms with E-state index in [0.29, 0.717) is 12.6 Å². The highest BCUT2D eigenvalue weighted by molar-refractivity contribution is 5.92. The first kappa shape index (κ1) is 19.2. The van der Waals surface area contributed by atoms with Gasteiger partial charge in [-0.05, 0) is 36.6 Å². The molecule has 1 aromatic rings. The van der Waals surface area contributed by atoms with Gasteiger partial charge in [0.15, 0.2) is 0 Å². The standard InChI is InChI=1S/C19H29N3O3/c1-13(2)19(24)22(16-7-8-16)11-14-10-15(20-18(23)12-25-5)6-9-17(14)21(3)4/h6,9-10,13,16H,7-8,11-12H2,1-5H3,(H,20,23). The maximum Gasteiger partial charge on any atom is 0.250 e. The fourth-order valence-corrected chi connectivity index (χ4v) is 2.84. The van der Waals surface area contributed by atoms with Crippen LogP contribution in [0, 0.1) is 5.92 Å².